The zero-order valence-corrected chi connectivity index (χ0v) is 12.3. The number of urea groups is 1. The molecule has 1 aliphatic rings. The van der Waals surface area contributed by atoms with Crippen molar-refractivity contribution in [1.29, 1.82) is 0 Å². The Morgan fingerprint density at radius 2 is 1.85 bits per heavy atom. The molecule has 20 heavy (non-hydrogen) atoms. The van der Waals surface area contributed by atoms with Crippen LogP contribution in [0.2, 0.25) is 0 Å². The highest BCUT2D eigenvalue weighted by atomic mass is 16.2. The van der Waals surface area contributed by atoms with Crippen molar-refractivity contribution < 1.29 is 9.59 Å². The van der Waals surface area contributed by atoms with Gasteiger partial charge >= 0.3 is 6.03 Å². The summed E-state index contributed by atoms with van der Waals surface area (Å²) in [5.74, 6) is 0.0220. The van der Waals surface area contributed by atoms with Crippen molar-refractivity contribution in [3.63, 3.8) is 0 Å². The zero-order chi connectivity index (χ0) is 14.8. The number of amides is 2. The number of hydrogen-bond acceptors (Lipinski definition) is 2. The van der Waals surface area contributed by atoms with Gasteiger partial charge in [0.2, 0.25) is 0 Å². The highest BCUT2D eigenvalue weighted by Crippen LogP contribution is 2.37. The van der Waals surface area contributed by atoms with Gasteiger partial charge in [0.05, 0.1) is 0 Å². The molecule has 0 bridgehead atoms. The number of nitrogens with one attached hydrogen (secondary N) is 2. The molecule has 1 unspecified atom stereocenters. The molecule has 1 aromatic rings. The summed E-state index contributed by atoms with van der Waals surface area (Å²) in [4.78, 5) is 23.2. The van der Waals surface area contributed by atoms with Crippen LogP contribution in [-0.2, 0) is 0 Å². The lowest BCUT2D eigenvalue weighted by Gasteiger charge is -2.27. The Morgan fingerprint density at radius 1 is 1.20 bits per heavy atom. The van der Waals surface area contributed by atoms with Crippen LogP contribution in [0, 0.1) is 5.41 Å². The Labute approximate surface area is 119 Å². The molecule has 1 fully saturated rings. The summed E-state index contributed by atoms with van der Waals surface area (Å²) in [5.41, 5.74) is 1.51. The van der Waals surface area contributed by atoms with Gasteiger partial charge in [-0.25, -0.2) is 4.79 Å². The largest absolute Gasteiger partial charge is 0.335 e. The summed E-state index contributed by atoms with van der Waals surface area (Å²) < 4.78 is 0. The quantitative estimate of drug-likeness (QED) is 0.827. The lowest BCUT2D eigenvalue weighted by molar-refractivity contribution is 0.101. The van der Waals surface area contributed by atoms with Crippen LogP contribution in [0.5, 0.6) is 0 Å². The van der Waals surface area contributed by atoms with Gasteiger partial charge in [-0.1, -0.05) is 20.3 Å². The number of rotatable bonds is 3. The van der Waals surface area contributed by atoms with Crippen LogP contribution in [0.25, 0.3) is 0 Å². The third-order valence-electron chi connectivity index (χ3n) is 4.11. The third-order valence-corrected chi connectivity index (χ3v) is 4.11. The number of hydrogen-bond donors (Lipinski definition) is 2. The van der Waals surface area contributed by atoms with E-state index < -0.39 is 0 Å². The molecule has 0 aliphatic heterocycles. The molecular formula is C16H22N2O2. The first-order chi connectivity index (χ1) is 9.38. The molecule has 0 saturated heterocycles. The molecule has 2 amide bonds. The molecule has 2 N–H and O–H groups in total. The maximum absolute atomic E-state index is 12.0. The smallest absolute Gasteiger partial charge is 0.319 e. The van der Waals surface area contributed by atoms with Crippen LogP contribution in [-0.4, -0.2) is 17.9 Å². The highest BCUT2D eigenvalue weighted by Gasteiger charge is 2.35. The van der Waals surface area contributed by atoms with E-state index in [0.29, 0.717) is 11.3 Å². The minimum absolute atomic E-state index is 0.0220. The number of ketones is 1. The van der Waals surface area contributed by atoms with Gasteiger partial charge in [-0.3, -0.25) is 4.79 Å². The van der Waals surface area contributed by atoms with Crippen molar-refractivity contribution in [3.8, 4) is 0 Å². The second-order valence-corrected chi connectivity index (χ2v) is 6.17. The van der Waals surface area contributed by atoms with E-state index in [2.05, 4.69) is 24.5 Å². The van der Waals surface area contributed by atoms with Crippen LogP contribution in [0.1, 0.15) is 50.4 Å². The molecule has 1 aromatic carbocycles. The summed E-state index contributed by atoms with van der Waals surface area (Å²) >= 11 is 0. The summed E-state index contributed by atoms with van der Waals surface area (Å²) in [5, 5.41) is 5.85. The monoisotopic (exact) mass is 274 g/mol. The van der Waals surface area contributed by atoms with Crippen molar-refractivity contribution in [2.24, 2.45) is 5.41 Å². The number of Topliss-reactive ketones (excluding diaryl/α,β-unsaturated/α-hetero) is 1. The Hall–Kier alpha value is -1.84. The first kappa shape index (κ1) is 14.6. The molecule has 0 radical (unpaired) electrons. The predicted molar refractivity (Wildman–Crippen MR) is 80.0 cm³/mol. The summed E-state index contributed by atoms with van der Waals surface area (Å²) in [6.07, 6.45) is 3.33. The number of benzene rings is 1. The van der Waals surface area contributed by atoms with E-state index in [1.165, 1.54) is 6.92 Å². The third kappa shape index (κ3) is 3.38. The maximum atomic E-state index is 12.0. The van der Waals surface area contributed by atoms with E-state index in [0.717, 1.165) is 19.3 Å². The van der Waals surface area contributed by atoms with Crippen molar-refractivity contribution in [1.82, 2.24) is 5.32 Å². The van der Waals surface area contributed by atoms with E-state index in [-0.39, 0.29) is 23.3 Å². The van der Waals surface area contributed by atoms with E-state index in [1.54, 1.807) is 24.3 Å². The van der Waals surface area contributed by atoms with Crippen LogP contribution in [0.15, 0.2) is 24.3 Å². The molecule has 108 valence electrons. The fraction of sp³-hybridized carbons (Fsp3) is 0.500. The first-order valence-electron chi connectivity index (χ1n) is 7.07. The van der Waals surface area contributed by atoms with Gasteiger partial charge in [0.1, 0.15) is 0 Å². The van der Waals surface area contributed by atoms with Gasteiger partial charge < -0.3 is 10.6 Å². The lowest BCUT2D eigenvalue weighted by atomic mass is 9.87. The minimum atomic E-state index is -0.180. The van der Waals surface area contributed by atoms with Crippen molar-refractivity contribution >= 4 is 17.5 Å². The van der Waals surface area contributed by atoms with Crippen molar-refractivity contribution in [3.05, 3.63) is 29.8 Å². The van der Waals surface area contributed by atoms with E-state index in [1.807, 2.05) is 0 Å². The van der Waals surface area contributed by atoms with Crippen LogP contribution in [0.4, 0.5) is 10.5 Å². The Kier molecular flexibility index (Phi) is 4.12. The maximum Gasteiger partial charge on any atom is 0.319 e. The Bertz CT molecular complexity index is 506. The van der Waals surface area contributed by atoms with E-state index in [9.17, 15) is 9.59 Å². The second kappa shape index (κ2) is 5.65. The summed E-state index contributed by atoms with van der Waals surface area (Å²) in [6.45, 7) is 5.90. The average Bonchev–Trinajstić information content (AvgIpc) is 2.69. The fourth-order valence-corrected chi connectivity index (χ4v) is 2.71. The SMILES string of the molecule is CC(=O)c1ccc(NC(=O)NC2CCCC2(C)C)cc1. The average molecular weight is 274 g/mol. The lowest BCUT2D eigenvalue weighted by Crippen LogP contribution is -2.43. The van der Waals surface area contributed by atoms with Gasteiger partial charge in [0.25, 0.3) is 0 Å². The Balaban J connectivity index is 1.93. The number of anilines is 1. The number of carbonyl (C=O) groups is 2. The first-order valence-corrected chi connectivity index (χ1v) is 7.07. The fourth-order valence-electron chi connectivity index (χ4n) is 2.71. The molecule has 2 rings (SSSR count). The van der Waals surface area contributed by atoms with Gasteiger partial charge in [-0.2, -0.15) is 0 Å². The molecule has 1 atom stereocenters. The minimum Gasteiger partial charge on any atom is -0.335 e. The van der Waals surface area contributed by atoms with Gasteiger partial charge in [-0.15, -0.1) is 0 Å². The molecule has 1 aliphatic carbocycles. The van der Waals surface area contributed by atoms with E-state index >= 15 is 0 Å². The van der Waals surface area contributed by atoms with Gasteiger partial charge in [0.15, 0.2) is 5.78 Å². The van der Waals surface area contributed by atoms with Gasteiger partial charge in [-0.05, 0) is 49.4 Å². The predicted octanol–water partition coefficient (Wildman–Crippen LogP) is 3.59. The molecular weight excluding hydrogens is 252 g/mol. The van der Waals surface area contributed by atoms with Crippen LogP contribution >= 0.6 is 0 Å². The Morgan fingerprint density at radius 3 is 2.35 bits per heavy atom. The van der Waals surface area contributed by atoms with Crippen molar-refractivity contribution in [2.75, 3.05) is 5.32 Å². The number of carbonyl (C=O) groups excluding carboxylic acids is 2. The van der Waals surface area contributed by atoms with E-state index in [4.69, 9.17) is 0 Å². The molecule has 1 saturated carbocycles. The van der Waals surface area contributed by atoms with Crippen LogP contribution < -0.4 is 10.6 Å². The summed E-state index contributed by atoms with van der Waals surface area (Å²) in [6, 6.07) is 6.97. The zero-order valence-electron chi connectivity index (χ0n) is 12.3. The van der Waals surface area contributed by atoms with Crippen molar-refractivity contribution in [2.45, 2.75) is 46.1 Å². The topological polar surface area (TPSA) is 58.2 Å². The molecule has 0 spiro atoms. The highest BCUT2D eigenvalue weighted by molar-refractivity contribution is 5.95. The molecule has 0 heterocycles. The van der Waals surface area contributed by atoms with Gasteiger partial charge in [0, 0.05) is 17.3 Å². The normalized spacial score (nSPS) is 20.4. The molecule has 4 nitrogen and oxygen atoms in total. The second-order valence-electron chi connectivity index (χ2n) is 6.17. The summed E-state index contributed by atoms with van der Waals surface area (Å²) in [7, 11) is 0. The standard InChI is InChI=1S/C16H22N2O2/c1-11(19)12-6-8-13(9-7-12)17-15(20)18-14-5-4-10-16(14,2)3/h6-9,14H,4-5,10H2,1-3H3,(H2,17,18,20). The molecule has 4 heteroatoms. The van der Waals surface area contributed by atoms with Crippen LogP contribution in [0.3, 0.4) is 0 Å². The molecule has 0 aromatic heterocycles.